The first-order chi connectivity index (χ1) is 14.2. The monoisotopic (exact) mass is 413 g/mol. The van der Waals surface area contributed by atoms with E-state index in [-0.39, 0.29) is 5.91 Å². The van der Waals surface area contributed by atoms with Crippen LogP contribution in [0.2, 0.25) is 5.02 Å². The van der Waals surface area contributed by atoms with Crippen molar-refractivity contribution in [2.75, 3.05) is 45.9 Å². The zero-order valence-electron chi connectivity index (χ0n) is 16.7. The number of hydrogen-bond donors (Lipinski definition) is 0. The second-order valence-electron chi connectivity index (χ2n) is 7.92. The summed E-state index contributed by atoms with van der Waals surface area (Å²) >= 11 is 5.99. The second kappa shape index (κ2) is 9.70. The Morgan fingerprint density at radius 2 is 1.90 bits per heavy atom. The highest BCUT2D eigenvalue weighted by molar-refractivity contribution is 6.30. The van der Waals surface area contributed by atoms with E-state index in [0.29, 0.717) is 12.5 Å². The van der Waals surface area contributed by atoms with Gasteiger partial charge in [-0.25, -0.2) is 0 Å². The first kappa shape index (κ1) is 20.3. The number of nitrogens with zero attached hydrogens (tertiary/aromatic N) is 3. The van der Waals surface area contributed by atoms with Gasteiger partial charge in [-0.1, -0.05) is 29.8 Å². The number of amides is 1. The van der Waals surface area contributed by atoms with Gasteiger partial charge in [-0.05, 0) is 42.7 Å². The molecule has 0 bridgehead atoms. The average Bonchev–Trinajstić information content (AvgIpc) is 2.76. The summed E-state index contributed by atoms with van der Waals surface area (Å²) in [6.45, 7) is 5.25. The fraction of sp³-hybridized carbons (Fsp3) is 0.478. The van der Waals surface area contributed by atoms with Crippen molar-refractivity contribution in [2.45, 2.75) is 25.2 Å². The van der Waals surface area contributed by atoms with Crippen LogP contribution in [0.5, 0.6) is 0 Å². The molecule has 2 saturated heterocycles. The molecular formula is C23H28ClN3O2. The maximum absolute atomic E-state index is 12.8. The number of carbonyl (C=O) groups excluding carboxylic acids is 1. The Labute approximate surface area is 177 Å². The summed E-state index contributed by atoms with van der Waals surface area (Å²) in [6, 6.07) is 14.2. The molecule has 0 spiro atoms. The predicted molar refractivity (Wildman–Crippen MR) is 114 cm³/mol. The Balaban J connectivity index is 1.38. The molecule has 1 aromatic heterocycles. The van der Waals surface area contributed by atoms with Crippen LogP contribution in [0.4, 0.5) is 0 Å². The lowest BCUT2D eigenvalue weighted by Gasteiger charge is -2.35. The van der Waals surface area contributed by atoms with Crippen LogP contribution in [0.1, 0.15) is 35.7 Å². The van der Waals surface area contributed by atoms with Crippen molar-refractivity contribution >= 4 is 17.5 Å². The van der Waals surface area contributed by atoms with Crippen molar-refractivity contribution < 1.29 is 9.53 Å². The van der Waals surface area contributed by atoms with Crippen LogP contribution >= 0.6 is 11.6 Å². The van der Waals surface area contributed by atoms with E-state index in [1.54, 1.807) is 0 Å². The summed E-state index contributed by atoms with van der Waals surface area (Å²) in [5.74, 6) is 0.538. The first-order valence-corrected chi connectivity index (χ1v) is 10.8. The molecule has 1 atom stereocenters. The van der Waals surface area contributed by atoms with Gasteiger partial charge in [0, 0.05) is 54.9 Å². The number of halogens is 1. The molecule has 2 aliphatic heterocycles. The SMILES string of the molecule is O=C(CN1CCOCC1)N1CCC[C@H](c2cccc(Cc3ccc(Cl)cc3)n2)C1. The maximum atomic E-state index is 12.8. The summed E-state index contributed by atoms with van der Waals surface area (Å²) in [4.78, 5) is 21.9. The van der Waals surface area contributed by atoms with Crippen molar-refractivity contribution in [1.82, 2.24) is 14.8 Å². The molecule has 0 saturated carbocycles. The number of pyridine rings is 1. The minimum atomic E-state index is 0.230. The van der Waals surface area contributed by atoms with Gasteiger partial charge in [-0.3, -0.25) is 14.7 Å². The quantitative estimate of drug-likeness (QED) is 0.754. The zero-order chi connectivity index (χ0) is 20.1. The minimum absolute atomic E-state index is 0.230. The third-order valence-corrected chi connectivity index (χ3v) is 6.03. The number of ether oxygens (including phenoxy) is 1. The van der Waals surface area contributed by atoms with Crippen LogP contribution in [0.15, 0.2) is 42.5 Å². The van der Waals surface area contributed by atoms with Gasteiger partial charge in [0.1, 0.15) is 0 Å². The van der Waals surface area contributed by atoms with Gasteiger partial charge in [0.05, 0.1) is 19.8 Å². The van der Waals surface area contributed by atoms with Crippen LogP contribution in [0, 0.1) is 0 Å². The van der Waals surface area contributed by atoms with E-state index in [4.69, 9.17) is 21.3 Å². The number of likely N-dealkylation sites (tertiary alicyclic amines) is 1. The molecular weight excluding hydrogens is 386 g/mol. The summed E-state index contributed by atoms with van der Waals surface area (Å²) < 4.78 is 5.38. The van der Waals surface area contributed by atoms with Crippen molar-refractivity contribution in [3.05, 3.63) is 64.4 Å². The Bertz CT molecular complexity index is 821. The van der Waals surface area contributed by atoms with Gasteiger partial charge in [-0.2, -0.15) is 0 Å². The van der Waals surface area contributed by atoms with Crippen molar-refractivity contribution in [3.63, 3.8) is 0 Å². The van der Waals surface area contributed by atoms with E-state index in [9.17, 15) is 4.79 Å². The standard InChI is InChI=1S/C23H28ClN3O2/c24-20-8-6-18(7-9-20)15-21-4-1-5-22(25-21)19-3-2-10-27(16-19)23(28)17-26-11-13-29-14-12-26/h1,4-9,19H,2-3,10-17H2/t19-/m0/s1. The molecule has 0 radical (unpaired) electrons. The summed E-state index contributed by atoms with van der Waals surface area (Å²) in [5.41, 5.74) is 3.35. The van der Waals surface area contributed by atoms with E-state index in [1.165, 1.54) is 5.56 Å². The molecule has 5 nitrogen and oxygen atoms in total. The van der Waals surface area contributed by atoms with Crippen molar-refractivity contribution in [2.24, 2.45) is 0 Å². The molecule has 0 N–H and O–H groups in total. The van der Waals surface area contributed by atoms with Crippen LogP contribution in [0.3, 0.4) is 0 Å². The lowest BCUT2D eigenvalue weighted by Crippen LogP contribution is -2.47. The lowest BCUT2D eigenvalue weighted by atomic mass is 9.93. The number of rotatable bonds is 5. The highest BCUT2D eigenvalue weighted by Gasteiger charge is 2.27. The van der Waals surface area contributed by atoms with Gasteiger partial charge in [0.2, 0.25) is 5.91 Å². The summed E-state index contributed by atoms with van der Waals surface area (Å²) in [7, 11) is 0. The number of aromatic nitrogens is 1. The minimum Gasteiger partial charge on any atom is -0.379 e. The van der Waals surface area contributed by atoms with E-state index in [1.807, 2.05) is 29.2 Å². The molecule has 154 valence electrons. The van der Waals surface area contributed by atoms with E-state index >= 15 is 0 Å². The molecule has 2 aromatic rings. The maximum Gasteiger partial charge on any atom is 0.236 e. The molecule has 1 aromatic carbocycles. The van der Waals surface area contributed by atoms with E-state index < -0.39 is 0 Å². The van der Waals surface area contributed by atoms with Crippen molar-refractivity contribution in [3.8, 4) is 0 Å². The normalized spacial score (nSPS) is 20.6. The molecule has 1 amide bonds. The first-order valence-electron chi connectivity index (χ1n) is 10.5. The van der Waals surface area contributed by atoms with E-state index in [2.05, 4.69) is 23.1 Å². The second-order valence-corrected chi connectivity index (χ2v) is 8.36. The van der Waals surface area contributed by atoms with Crippen molar-refractivity contribution in [1.29, 1.82) is 0 Å². The Kier molecular flexibility index (Phi) is 6.80. The van der Waals surface area contributed by atoms with Crippen LogP contribution < -0.4 is 0 Å². The van der Waals surface area contributed by atoms with Gasteiger partial charge < -0.3 is 9.64 Å². The molecule has 3 heterocycles. The fourth-order valence-electron chi connectivity index (χ4n) is 4.13. The predicted octanol–water partition coefficient (Wildman–Crippen LogP) is 3.36. The van der Waals surface area contributed by atoms with Gasteiger partial charge in [0.25, 0.3) is 0 Å². The fourth-order valence-corrected chi connectivity index (χ4v) is 4.26. The van der Waals surface area contributed by atoms with Crippen LogP contribution in [-0.2, 0) is 16.0 Å². The molecule has 4 rings (SSSR count). The third-order valence-electron chi connectivity index (χ3n) is 5.78. The topological polar surface area (TPSA) is 45.7 Å². The average molecular weight is 414 g/mol. The number of benzene rings is 1. The molecule has 0 aliphatic carbocycles. The summed E-state index contributed by atoms with van der Waals surface area (Å²) in [5, 5.41) is 0.750. The third kappa shape index (κ3) is 5.56. The van der Waals surface area contributed by atoms with Crippen LogP contribution in [-0.4, -0.2) is 66.6 Å². The highest BCUT2D eigenvalue weighted by Crippen LogP contribution is 2.26. The number of hydrogen-bond acceptors (Lipinski definition) is 4. The van der Waals surface area contributed by atoms with E-state index in [0.717, 1.165) is 75.1 Å². The molecule has 6 heteroatoms. The molecule has 29 heavy (non-hydrogen) atoms. The molecule has 2 aliphatic rings. The zero-order valence-corrected chi connectivity index (χ0v) is 17.5. The highest BCUT2D eigenvalue weighted by atomic mass is 35.5. The Hall–Kier alpha value is -1.95. The largest absolute Gasteiger partial charge is 0.379 e. The van der Waals surface area contributed by atoms with Gasteiger partial charge >= 0.3 is 0 Å². The molecule has 2 fully saturated rings. The smallest absolute Gasteiger partial charge is 0.236 e. The number of piperidine rings is 1. The Morgan fingerprint density at radius 1 is 1.10 bits per heavy atom. The number of carbonyl (C=O) groups is 1. The lowest BCUT2D eigenvalue weighted by molar-refractivity contribution is -0.134. The Morgan fingerprint density at radius 3 is 2.69 bits per heavy atom. The van der Waals surface area contributed by atoms with Crippen LogP contribution in [0.25, 0.3) is 0 Å². The summed E-state index contributed by atoms with van der Waals surface area (Å²) in [6.07, 6.45) is 2.90. The molecule has 0 unspecified atom stereocenters. The number of morpholine rings is 1. The van der Waals surface area contributed by atoms with Gasteiger partial charge in [-0.15, -0.1) is 0 Å². The van der Waals surface area contributed by atoms with Gasteiger partial charge in [0.15, 0.2) is 0 Å².